The zero-order valence-electron chi connectivity index (χ0n) is 8.20. The summed E-state index contributed by atoms with van der Waals surface area (Å²) in [5.41, 5.74) is 1.71. The van der Waals surface area contributed by atoms with E-state index in [1.165, 1.54) is 0 Å². The van der Waals surface area contributed by atoms with Crippen LogP contribution < -0.4 is 0 Å². The number of ether oxygens (including phenoxy) is 1. The van der Waals surface area contributed by atoms with Gasteiger partial charge in [-0.15, -0.1) is 0 Å². The second-order valence-corrected chi connectivity index (χ2v) is 4.48. The highest BCUT2D eigenvalue weighted by Crippen LogP contribution is 2.33. The molecular weight excluding hydrogens is 248 g/mol. The Morgan fingerprint density at radius 1 is 1.64 bits per heavy atom. The van der Waals surface area contributed by atoms with E-state index in [1.807, 2.05) is 4.68 Å². The number of rotatable bonds is 1. The van der Waals surface area contributed by atoms with Gasteiger partial charge in [0.1, 0.15) is 5.69 Å². The Labute approximate surface area is 91.0 Å². The maximum absolute atomic E-state index is 9.62. The molecule has 0 saturated carbocycles. The third kappa shape index (κ3) is 1.49. The van der Waals surface area contributed by atoms with E-state index >= 15 is 0 Å². The first-order chi connectivity index (χ1) is 6.61. The first-order valence-electron chi connectivity index (χ1n) is 4.67. The van der Waals surface area contributed by atoms with E-state index in [0.29, 0.717) is 19.1 Å². The molecule has 1 aromatic rings. The highest BCUT2D eigenvalue weighted by Gasteiger charge is 2.26. The topological polar surface area (TPSA) is 47.3 Å². The summed E-state index contributed by atoms with van der Waals surface area (Å²) >= 11 is 3.45. The number of nitrogens with zero attached hydrogens (tertiary/aromatic N) is 2. The van der Waals surface area contributed by atoms with Gasteiger partial charge in [-0.25, -0.2) is 0 Å². The molecule has 0 aliphatic carbocycles. The molecule has 14 heavy (non-hydrogen) atoms. The van der Waals surface area contributed by atoms with Gasteiger partial charge in [-0.05, 0) is 21.8 Å². The van der Waals surface area contributed by atoms with Crippen molar-refractivity contribution >= 4 is 15.9 Å². The maximum Gasteiger partial charge on any atom is 0.199 e. The Hall–Kier alpha value is -0.390. The fraction of sp³-hybridized carbons (Fsp3) is 0.667. The predicted molar refractivity (Wildman–Crippen MR) is 54.9 cm³/mol. The quantitative estimate of drug-likeness (QED) is 0.838. The van der Waals surface area contributed by atoms with E-state index in [2.05, 4.69) is 34.9 Å². The van der Waals surface area contributed by atoms with Crippen LogP contribution in [0.3, 0.4) is 0 Å². The normalized spacial score (nSPS) is 21.4. The lowest BCUT2D eigenvalue weighted by molar-refractivity contribution is -0.126. The van der Waals surface area contributed by atoms with Crippen LogP contribution in [0.1, 0.15) is 37.4 Å². The molecule has 4 nitrogen and oxygen atoms in total. The Morgan fingerprint density at radius 3 is 2.93 bits per heavy atom. The second kappa shape index (κ2) is 3.64. The summed E-state index contributed by atoms with van der Waals surface area (Å²) in [6.07, 6.45) is -0.849. The van der Waals surface area contributed by atoms with E-state index in [1.54, 1.807) is 0 Å². The highest BCUT2D eigenvalue weighted by atomic mass is 79.9. The molecule has 1 atom stereocenters. The van der Waals surface area contributed by atoms with Crippen LogP contribution in [0, 0.1) is 0 Å². The van der Waals surface area contributed by atoms with Gasteiger partial charge in [-0.2, -0.15) is 5.10 Å². The summed E-state index contributed by atoms with van der Waals surface area (Å²) < 4.78 is 7.83. The Kier molecular flexibility index (Phi) is 2.64. The lowest BCUT2D eigenvalue weighted by atomic mass is 10.1. The molecule has 1 aromatic heterocycles. The number of fused-ring (bicyclic) bond motifs is 1. The van der Waals surface area contributed by atoms with Crippen molar-refractivity contribution in [1.29, 1.82) is 0 Å². The largest absolute Gasteiger partial charge is 0.363 e. The van der Waals surface area contributed by atoms with Gasteiger partial charge in [0.15, 0.2) is 6.29 Å². The molecule has 5 heteroatoms. The monoisotopic (exact) mass is 260 g/mol. The summed E-state index contributed by atoms with van der Waals surface area (Å²) in [7, 11) is 0. The number of hydrogen-bond donors (Lipinski definition) is 1. The van der Waals surface area contributed by atoms with Crippen molar-refractivity contribution in [2.45, 2.75) is 32.6 Å². The van der Waals surface area contributed by atoms with Crippen molar-refractivity contribution < 1.29 is 9.84 Å². The van der Waals surface area contributed by atoms with Crippen LogP contribution in [-0.4, -0.2) is 21.5 Å². The van der Waals surface area contributed by atoms with Gasteiger partial charge in [-0.1, -0.05) is 13.8 Å². The molecule has 2 rings (SSSR count). The first kappa shape index (κ1) is 10.1. The molecule has 0 radical (unpaired) electrons. The fourth-order valence-corrected chi connectivity index (χ4v) is 2.51. The standard InChI is InChI=1S/C9H13BrN2O2/c1-5(2)7-6(10)8-9(13)14-4-3-12(8)11-7/h5,9,13H,3-4H2,1-2H3. The number of aliphatic hydroxyl groups excluding tert-OH is 1. The number of hydrogen-bond acceptors (Lipinski definition) is 3. The van der Waals surface area contributed by atoms with Crippen LogP contribution in [0.2, 0.25) is 0 Å². The van der Waals surface area contributed by atoms with Crippen molar-refractivity contribution in [1.82, 2.24) is 9.78 Å². The van der Waals surface area contributed by atoms with Crippen LogP contribution >= 0.6 is 15.9 Å². The van der Waals surface area contributed by atoms with Crippen LogP contribution in [0.4, 0.5) is 0 Å². The van der Waals surface area contributed by atoms with Gasteiger partial charge in [0.25, 0.3) is 0 Å². The zero-order valence-corrected chi connectivity index (χ0v) is 9.78. The zero-order chi connectivity index (χ0) is 10.3. The summed E-state index contributed by atoms with van der Waals surface area (Å²) in [5.74, 6) is 0.342. The van der Waals surface area contributed by atoms with Gasteiger partial charge in [0.2, 0.25) is 0 Å². The predicted octanol–water partition coefficient (Wildman–Crippen LogP) is 1.79. The molecule has 0 amide bonds. The molecule has 0 saturated heterocycles. The van der Waals surface area contributed by atoms with Gasteiger partial charge < -0.3 is 9.84 Å². The smallest absolute Gasteiger partial charge is 0.199 e. The highest BCUT2D eigenvalue weighted by molar-refractivity contribution is 9.10. The van der Waals surface area contributed by atoms with E-state index in [-0.39, 0.29) is 0 Å². The average Bonchev–Trinajstić information content (AvgIpc) is 2.45. The lowest BCUT2D eigenvalue weighted by Crippen LogP contribution is -2.21. The molecule has 0 fully saturated rings. The molecule has 0 bridgehead atoms. The molecule has 78 valence electrons. The Morgan fingerprint density at radius 2 is 2.36 bits per heavy atom. The number of aromatic nitrogens is 2. The second-order valence-electron chi connectivity index (χ2n) is 3.69. The van der Waals surface area contributed by atoms with Gasteiger partial charge >= 0.3 is 0 Å². The fourth-order valence-electron chi connectivity index (χ4n) is 1.58. The number of halogens is 1. The van der Waals surface area contributed by atoms with Gasteiger partial charge in [-0.3, -0.25) is 4.68 Å². The summed E-state index contributed by atoms with van der Waals surface area (Å²) in [5, 5.41) is 14.1. The van der Waals surface area contributed by atoms with E-state index in [0.717, 1.165) is 15.9 Å². The molecular formula is C9H13BrN2O2. The van der Waals surface area contributed by atoms with E-state index in [4.69, 9.17) is 4.74 Å². The maximum atomic E-state index is 9.62. The molecule has 1 aliphatic rings. The van der Waals surface area contributed by atoms with Crippen molar-refractivity contribution in [2.75, 3.05) is 6.61 Å². The minimum Gasteiger partial charge on any atom is -0.363 e. The molecule has 0 spiro atoms. The van der Waals surface area contributed by atoms with E-state index in [9.17, 15) is 5.11 Å². The third-order valence-corrected chi connectivity index (χ3v) is 3.13. The molecule has 2 heterocycles. The summed E-state index contributed by atoms with van der Waals surface area (Å²) in [6, 6.07) is 0. The number of aliphatic hydroxyl groups is 1. The molecule has 1 unspecified atom stereocenters. The lowest BCUT2D eigenvalue weighted by Gasteiger charge is -2.19. The van der Waals surface area contributed by atoms with Crippen molar-refractivity contribution in [3.8, 4) is 0 Å². The van der Waals surface area contributed by atoms with Crippen LogP contribution in [0.5, 0.6) is 0 Å². The Bertz CT molecular complexity index is 349. The minimum atomic E-state index is -0.849. The van der Waals surface area contributed by atoms with Crippen LogP contribution in [0.15, 0.2) is 4.47 Å². The van der Waals surface area contributed by atoms with Crippen molar-refractivity contribution in [2.24, 2.45) is 0 Å². The SMILES string of the molecule is CC(C)c1nn2c(c1Br)C(O)OCC2. The first-order valence-corrected chi connectivity index (χ1v) is 5.46. The third-order valence-electron chi connectivity index (χ3n) is 2.32. The summed E-state index contributed by atoms with van der Waals surface area (Å²) in [6.45, 7) is 5.37. The molecule has 1 N–H and O–H groups in total. The molecule has 0 aromatic carbocycles. The van der Waals surface area contributed by atoms with Crippen molar-refractivity contribution in [3.63, 3.8) is 0 Å². The summed E-state index contributed by atoms with van der Waals surface area (Å²) in [4.78, 5) is 0. The molecule has 1 aliphatic heterocycles. The van der Waals surface area contributed by atoms with Gasteiger partial charge in [0.05, 0.1) is 23.3 Å². The average molecular weight is 261 g/mol. The van der Waals surface area contributed by atoms with Crippen LogP contribution in [-0.2, 0) is 11.3 Å². The Balaban J connectivity index is 2.49. The van der Waals surface area contributed by atoms with Crippen molar-refractivity contribution in [3.05, 3.63) is 15.9 Å². The van der Waals surface area contributed by atoms with E-state index < -0.39 is 6.29 Å². The van der Waals surface area contributed by atoms with Gasteiger partial charge in [0, 0.05) is 0 Å². The minimum absolute atomic E-state index is 0.342. The van der Waals surface area contributed by atoms with Crippen LogP contribution in [0.25, 0.3) is 0 Å².